The summed E-state index contributed by atoms with van der Waals surface area (Å²) in [5.41, 5.74) is 0.129. The molecule has 0 bridgehead atoms. The first-order valence-corrected chi connectivity index (χ1v) is 6.92. The molecule has 0 aliphatic rings. The third-order valence-corrected chi connectivity index (χ3v) is 3.49. The average Bonchev–Trinajstić information content (AvgIpc) is 2.43. The number of ether oxygens (including phenoxy) is 1. The molecule has 0 amide bonds. The molecule has 1 aromatic carbocycles. The van der Waals surface area contributed by atoms with Gasteiger partial charge in [0, 0.05) is 17.0 Å². The van der Waals surface area contributed by atoms with Gasteiger partial charge in [-0.1, -0.05) is 37.4 Å². The van der Waals surface area contributed by atoms with Crippen molar-refractivity contribution in [2.45, 2.75) is 32.6 Å². The highest BCUT2D eigenvalue weighted by molar-refractivity contribution is 6.31. The normalized spacial score (nSPS) is 12.0. The van der Waals surface area contributed by atoms with E-state index in [2.05, 4.69) is 4.74 Å². The van der Waals surface area contributed by atoms with Crippen LogP contribution in [0.25, 0.3) is 0 Å². The Labute approximate surface area is 123 Å². The second-order valence-electron chi connectivity index (χ2n) is 4.56. The van der Waals surface area contributed by atoms with E-state index >= 15 is 0 Å². The quantitative estimate of drug-likeness (QED) is 0.571. The van der Waals surface area contributed by atoms with Crippen molar-refractivity contribution in [2.75, 3.05) is 7.11 Å². The van der Waals surface area contributed by atoms with Gasteiger partial charge in [0.1, 0.15) is 11.7 Å². The van der Waals surface area contributed by atoms with Crippen LogP contribution in [0.15, 0.2) is 18.2 Å². The molecule has 0 fully saturated rings. The molecule has 1 rings (SSSR count). The van der Waals surface area contributed by atoms with Crippen LogP contribution in [0.5, 0.6) is 0 Å². The summed E-state index contributed by atoms with van der Waals surface area (Å²) < 4.78 is 18.3. The van der Waals surface area contributed by atoms with Gasteiger partial charge in [-0.25, -0.2) is 4.39 Å². The van der Waals surface area contributed by atoms with E-state index in [-0.39, 0.29) is 22.8 Å². The number of halogens is 2. The summed E-state index contributed by atoms with van der Waals surface area (Å²) in [7, 11) is 1.24. The fourth-order valence-corrected chi connectivity index (χ4v) is 2.19. The first kappa shape index (κ1) is 16.6. The summed E-state index contributed by atoms with van der Waals surface area (Å²) >= 11 is 5.89. The number of methoxy groups -OCH3 is 1. The van der Waals surface area contributed by atoms with E-state index < -0.39 is 17.7 Å². The van der Waals surface area contributed by atoms with Crippen molar-refractivity contribution >= 4 is 23.4 Å². The summed E-state index contributed by atoms with van der Waals surface area (Å²) in [6.07, 6.45) is 1.81. The van der Waals surface area contributed by atoms with Gasteiger partial charge in [0.05, 0.1) is 7.11 Å². The van der Waals surface area contributed by atoms with Crippen molar-refractivity contribution in [3.05, 3.63) is 34.6 Å². The molecule has 1 aromatic rings. The van der Waals surface area contributed by atoms with E-state index in [4.69, 9.17) is 11.6 Å². The fraction of sp³-hybridized carbons (Fsp3) is 0.467. The van der Waals surface area contributed by atoms with Crippen LogP contribution < -0.4 is 0 Å². The predicted octanol–water partition coefficient (Wildman–Crippen LogP) is 3.57. The first-order valence-electron chi connectivity index (χ1n) is 6.54. The minimum absolute atomic E-state index is 0.129. The number of ketones is 1. The van der Waals surface area contributed by atoms with Crippen LogP contribution >= 0.6 is 11.6 Å². The molecule has 5 heteroatoms. The van der Waals surface area contributed by atoms with E-state index in [1.54, 1.807) is 0 Å². The molecule has 0 heterocycles. The van der Waals surface area contributed by atoms with Crippen LogP contribution in [0.3, 0.4) is 0 Å². The summed E-state index contributed by atoms with van der Waals surface area (Å²) in [6, 6.07) is 4.24. The Bertz CT molecular complexity index is 468. The van der Waals surface area contributed by atoms with Crippen molar-refractivity contribution in [1.29, 1.82) is 0 Å². The number of benzene rings is 1. The van der Waals surface area contributed by atoms with E-state index in [1.807, 2.05) is 6.92 Å². The molecule has 0 aromatic heterocycles. The van der Waals surface area contributed by atoms with E-state index in [9.17, 15) is 14.0 Å². The maximum absolute atomic E-state index is 13.7. The standard InChI is InChI=1S/C15H18ClFO3/c1-3-4-6-10(15(19)20-2)14(18)9-11-12(16)7-5-8-13(11)17/h5,7-8,10H,3-4,6,9H2,1-2H3. The zero-order valence-electron chi connectivity index (χ0n) is 11.6. The van der Waals surface area contributed by atoms with Crippen LogP contribution in [-0.2, 0) is 20.7 Å². The molecule has 20 heavy (non-hydrogen) atoms. The van der Waals surface area contributed by atoms with Crippen molar-refractivity contribution < 1.29 is 18.7 Å². The maximum atomic E-state index is 13.7. The summed E-state index contributed by atoms with van der Waals surface area (Å²) in [6.45, 7) is 1.96. The molecule has 0 spiro atoms. The van der Waals surface area contributed by atoms with Gasteiger partial charge >= 0.3 is 5.97 Å². The number of carbonyl (C=O) groups is 2. The summed E-state index contributed by atoms with van der Waals surface area (Å²) in [4.78, 5) is 23.8. The number of carbonyl (C=O) groups excluding carboxylic acids is 2. The number of unbranched alkanes of at least 4 members (excludes halogenated alkanes) is 1. The molecular weight excluding hydrogens is 283 g/mol. The maximum Gasteiger partial charge on any atom is 0.316 e. The van der Waals surface area contributed by atoms with Crippen molar-refractivity contribution in [3.8, 4) is 0 Å². The summed E-state index contributed by atoms with van der Waals surface area (Å²) in [5.74, 6) is -2.33. The van der Waals surface area contributed by atoms with E-state index in [0.717, 1.165) is 12.8 Å². The molecule has 0 saturated heterocycles. The van der Waals surface area contributed by atoms with Gasteiger partial charge in [-0.2, -0.15) is 0 Å². The fourth-order valence-electron chi connectivity index (χ4n) is 1.96. The number of Topliss-reactive ketones (excluding diaryl/α,β-unsaturated/α-hetero) is 1. The molecule has 0 aliphatic heterocycles. The smallest absolute Gasteiger partial charge is 0.316 e. The first-order chi connectivity index (χ1) is 9.51. The molecule has 1 atom stereocenters. The third kappa shape index (κ3) is 4.30. The minimum atomic E-state index is -0.851. The Hall–Kier alpha value is -1.42. The second kappa shape index (κ2) is 8.00. The van der Waals surface area contributed by atoms with Crippen LogP contribution in [0.2, 0.25) is 5.02 Å². The number of esters is 1. The molecule has 0 aliphatic carbocycles. The van der Waals surface area contributed by atoms with Gasteiger partial charge in [-0.15, -0.1) is 0 Å². The van der Waals surface area contributed by atoms with Crippen LogP contribution in [0, 0.1) is 11.7 Å². The highest BCUT2D eigenvalue weighted by atomic mass is 35.5. The van der Waals surface area contributed by atoms with Crippen LogP contribution in [-0.4, -0.2) is 18.9 Å². The van der Waals surface area contributed by atoms with Gasteiger partial charge < -0.3 is 4.74 Å². The number of rotatable bonds is 7. The van der Waals surface area contributed by atoms with Crippen molar-refractivity contribution in [3.63, 3.8) is 0 Å². The molecule has 0 N–H and O–H groups in total. The topological polar surface area (TPSA) is 43.4 Å². The van der Waals surface area contributed by atoms with Gasteiger partial charge in [0.2, 0.25) is 0 Å². The predicted molar refractivity (Wildman–Crippen MR) is 75.2 cm³/mol. The molecule has 3 nitrogen and oxygen atoms in total. The molecule has 0 radical (unpaired) electrons. The zero-order chi connectivity index (χ0) is 15.1. The van der Waals surface area contributed by atoms with Crippen molar-refractivity contribution in [2.24, 2.45) is 5.92 Å². The van der Waals surface area contributed by atoms with Crippen LogP contribution in [0.1, 0.15) is 31.7 Å². The zero-order valence-corrected chi connectivity index (χ0v) is 12.4. The van der Waals surface area contributed by atoms with E-state index in [0.29, 0.717) is 6.42 Å². The third-order valence-electron chi connectivity index (χ3n) is 3.13. The van der Waals surface area contributed by atoms with Gasteiger partial charge in [-0.3, -0.25) is 9.59 Å². The Morgan fingerprint density at radius 1 is 1.40 bits per heavy atom. The lowest BCUT2D eigenvalue weighted by molar-refractivity contribution is -0.149. The second-order valence-corrected chi connectivity index (χ2v) is 4.97. The average molecular weight is 301 g/mol. The Morgan fingerprint density at radius 2 is 2.10 bits per heavy atom. The summed E-state index contributed by atoms with van der Waals surface area (Å²) in [5, 5.41) is 0.192. The Balaban J connectivity index is 2.87. The highest BCUT2D eigenvalue weighted by Crippen LogP contribution is 2.22. The minimum Gasteiger partial charge on any atom is -0.468 e. The molecule has 110 valence electrons. The van der Waals surface area contributed by atoms with Gasteiger partial charge in [0.15, 0.2) is 5.78 Å². The molecule has 1 unspecified atom stereocenters. The van der Waals surface area contributed by atoms with Crippen LogP contribution in [0.4, 0.5) is 4.39 Å². The molecular formula is C15H18ClFO3. The van der Waals surface area contributed by atoms with E-state index in [1.165, 1.54) is 25.3 Å². The lowest BCUT2D eigenvalue weighted by Gasteiger charge is -2.14. The van der Waals surface area contributed by atoms with Gasteiger partial charge in [0.25, 0.3) is 0 Å². The largest absolute Gasteiger partial charge is 0.468 e. The number of hydrogen-bond donors (Lipinski definition) is 0. The Morgan fingerprint density at radius 3 is 2.65 bits per heavy atom. The Kier molecular flexibility index (Phi) is 6.65. The SMILES string of the molecule is CCCCC(C(=O)Cc1c(F)cccc1Cl)C(=O)OC. The van der Waals surface area contributed by atoms with Crippen molar-refractivity contribution in [1.82, 2.24) is 0 Å². The van der Waals surface area contributed by atoms with Gasteiger partial charge in [-0.05, 0) is 18.6 Å². The lowest BCUT2D eigenvalue weighted by atomic mass is 9.93. The lowest BCUT2D eigenvalue weighted by Crippen LogP contribution is -2.27. The molecule has 0 saturated carbocycles. The number of hydrogen-bond acceptors (Lipinski definition) is 3. The highest BCUT2D eigenvalue weighted by Gasteiger charge is 2.27. The monoisotopic (exact) mass is 300 g/mol.